The van der Waals surface area contributed by atoms with E-state index in [0.717, 1.165) is 38.6 Å². The standard InChI is InChI=1S/C15H21NO3/c17-14-6-4-11(5-7-14)8-9-16-13-3-1-2-12(10-13)15(18)19/h4-7,12-13,16-17H,1-3,8-10H2,(H,18,19). The number of hydrogen-bond donors (Lipinski definition) is 3. The van der Waals surface area contributed by atoms with Crippen molar-refractivity contribution in [3.8, 4) is 5.75 Å². The number of phenolic OH excluding ortho intramolecular Hbond substituents is 1. The fourth-order valence-electron chi connectivity index (χ4n) is 2.68. The molecular formula is C15H21NO3. The van der Waals surface area contributed by atoms with Crippen LogP contribution in [0.3, 0.4) is 0 Å². The van der Waals surface area contributed by atoms with Crippen molar-refractivity contribution in [2.45, 2.75) is 38.1 Å². The summed E-state index contributed by atoms with van der Waals surface area (Å²) in [6.45, 7) is 0.849. The van der Waals surface area contributed by atoms with Gasteiger partial charge in [0.2, 0.25) is 0 Å². The predicted octanol–water partition coefficient (Wildman–Crippen LogP) is 2.17. The summed E-state index contributed by atoms with van der Waals surface area (Å²) in [5.41, 5.74) is 1.18. The Kier molecular flexibility index (Phi) is 4.80. The van der Waals surface area contributed by atoms with Crippen LogP contribution in [0.2, 0.25) is 0 Å². The molecule has 1 aliphatic rings. The molecule has 0 bridgehead atoms. The number of hydrogen-bond acceptors (Lipinski definition) is 3. The summed E-state index contributed by atoms with van der Waals surface area (Å²) in [6.07, 6.45) is 4.51. The summed E-state index contributed by atoms with van der Waals surface area (Å²) in [7, 11) is 0. The Morgan fingerprint density at radius 2 is 2.00 bits per heavy atom. The number of benzene rings is 1. The molecule has 1 aliphatic carbocycles. The molecule has 0 aliphatic heterocycles. The van der Waals surface area contributed by atoms with Crippen LogP contribution in [0.1, 0.15) is 31.2 Å². The zero-order chi connectivity index (χ0) is 13.7. The average molecular weight is 263 g/mol. The van der Waals surface area contributed by atoms with E-state index < -0.39 is 5.97 Å². The van der Waals surface area contributed by atoms with Crippen molar-refractivity contribution >= 4 is 5.97 Å². The lowest BCUT2D eigenvalue weighted by Crippen LogP contribution is -2.37. The Hall–Kier alpha value is -1.55. The molecule has 0 heterocycles. The van der Waals surface area contributed by atoms with Gasteiger partial charge in [0.25, 0.3) is 0 Å². The molecule has 0 spiro atoms. The van der Waals surface area contributed by atoms with E-state index in [-0.39, 0.29) is 11.7 Å². The maximum Gasteiger partial charge on any atom is 0.306 e. The van der Waals surface area contributed by atoms with Crippen molar-refractivity contribution in [2.75, 3.05) is 6.54 Å². The van der Waals surface area contributed by atoms with E-state index in [1.54, 1.807) is 12.1 Å². The number of carbonyl (C=O) groups is 1. The molecule has 1 fully saturated rings. The van der Waals surface area contributed by atoms with Gasteiger partial charge in [0.15, 0.2) is 0 Å². The van der Waals surface area contributed by atoms with Gasteiger partial charge in [-0.1, -0.05) is 18.6 Å². The Morgan fingerprint density at radius 1 is 1.26 bits per heavy atom. The van der Waals surface area contributed by atoms with Gasteiger partial charge in [-0.3, -0.25) is 4.79 Å². The molecule has 3 N–H and O–H groups in total. The maximum absolute atomic E-state index is 11.0. The molecular weight excluding hydrogens is 242 g/mol. The molecule has 104 valence electrons. The first-order chi connectivity index (χ1) is 9.15. The van der Waals surface area contributed by atoms with E-state index in [2.05, 4.69) is 5.32 Å². The molecule has 2 rings (SSSR count). The Labute approximate surface area is 113 Å². The fraction of sp³-hybridized carbons (Fsp3) is 0.533. The van der Waals surface area contributed by atoms with Crippen LogP contribution in [0.4, 0.5) is 0 Å². The third kappa shape index (κ3) is 4.24. The van der Waals surface area contributed by atoms with Gasteiger partial charge in [0.05, 0.1) is 5.92 Å². The van der Waals surface area contributed by atoms with E-state index >= 15 is 0 Å². The second-order valence-electron chi connectivity index (χ2n) is 5.27. The van der Waals surface area contributed by atoms with Crippen LogP contribution >= 0.6 is 0 Å². The lowest BCUT2D eigenvalue weighted by molar-refractivity contribution is -0.143. The third-order valence-corrected chi connectivity index (χ3v) is 3.81. The molecule has 0 aromatic heterocycles. The fourth-order valence-corrected chi connectivity index (χ4v) is 2.68. The summed E-state index contributed by atoms with van der Waals surface area (Å²) in [6, 6.07) is 7.54. The van der Waals surface area contributed by atoms with Gasteiger partial charge in [0, 0.05) is 6.04 Å². The van der Waals surface area contributed by atoms with E-state index in [9.17, 15) is 9.90 Å². The number of carboxylic acids is 1. The van der Waals surface area contributed by atoms with Gasteiger partial charge in [-0.15, -0.1) is 0 Å². The summed E-state index contributed by atoms with van der Waals surface area (Å²) in [5, 5.41) is 21.7. The van der Waals surface area contributed by atoms with Crippen LogP contribution in [0.25, 0.3) is 0 Å². The molecule has 2 atom stereocenters. The van der Waals surface area contributed by atoms with Crippen LogP contribution in [0.15, 0.2) is 24.3 Å². The van der Waals surface area contributed by atoms with Crippen molar-refractivity contribution in [2.24, 2.45) is 5.92 Å². The van der Waals surface area contributed by atoms with Gasteiger partial charge in [-0.25, -0.2) is 0 Å². The van der Waals surface area contributed by atoms with Gasteiger partial charge >= 0.3 is 5.97 Å². The van der Waals surface area contributed by atoms with E-state index in [1.165, 1.54) is 5.56 Å². The number of aliphatic carboxylic acids is 1. The number of nitrogens with one attached hydrogen (secondary N) is 1. The van der Waals surface area contributed by atoms with Crippen molar-refractivity contribution in [3.63, 3.8) is 0 Å². The van der Waals surface area contributed by atoms with E-state index in [1.807, 2.05) is 12.1 Å². The third-order valence-electron chi connectivity index (χ3n) is 3.81. The quantitative estimate of drug-likeness (QED) is 0.761. The normalized spacial score (nSPS) is 23.2. The van der Waals surface area contributed by atoms with Gasteiger partial charge in [-0.2, -0.15) is 0 Å². The van der Waals surface area contributed by atoms with Gasteiger partial charge in [0.1, 0.15) is 5.75 Å². The average Bonchev–Trinajstić information content (AvgIpc) is 2.41. The van der Waals surface area contributed by atoms with Crippen molar-refractivity contribution in [3.05, 3.63) is 29.8 Å². The van der Waals surface area contributed by atoms with Crippen molar-refractivity contribution < 1.29 is 15.0 Å². The van der Waals surface area contributed by atoms with Crippen LogP contribution < -0.4 is 5.32 Å². The van der Waals surface area contributed by atoms with Gasteiger partial charge < -0.3 is 15.5 Å². The summed E-state index contributed by atoms with van der Waals surface area (Å²) < 4.78 is 0. The maximum atomic E-state index is 11.0. The topological polar surface area (TPSA) is 69.6 Å². The molecule has 1 aromatic carbocycles. The highest BCUT2D eigenvalue weighted by Gasteiger charge is 2.26. The minimum absolute atomic E-state index is 0.181. The second kappa shape index (κ2) is 6.57. The summed E-state index contributed by atoms with van der Waals surface area (Å²) >= 11 is 0. The summed E-state index contributed by atoms with van der Waals surface area (Å²) in [5.74, 6) is -0.557. The molecule has 0 amide bonds. The highest BCUT2D eigenvalue weighted by molar-refractivity contribution is 5.70. The zero-order valence-electron chi connectivity index (χ0n) is 11.0. The van der Waals surface area contributed by atoms with Crippen molar-refractivity contribution in [1.29, 1.82) is 0 Å². The van der Waals surface area contributed by atoms with Crippen LogP contribution in [0, 0.1) is 5.92 Å². The summed E-state index contributed by atoms with van der Waals surface area (Å²) in [4.78, 5) is 11.0. The highest BCUT2D eigenvalue weighted by Crippen LogP contribution is 2.24. The zero-order valence-corrected chi connectivity index (χ0v) is 11.0. The Morgan fingerprint density at radius 3 is 2.68 bits per heavy atom. The Balaban J connectivity index is 1.73. The molecule has 1 saturated carbocycles. The van der Waals surface area contributed by atoms with E-state index in [4.69, 9.17) is 5.11 Å². The Bertz CT molecular complexity index is 416. The monoisotopic (exact) mass is 263 g/mol. The number of carboxylic acid groups (broad SMARTS) is 1. The van der Waals surface area contributed by atoms with E-state index in [0.29, 0.717) is 6.04 Å². The molecule has 1 aromatic rings. The highest BCUT2D eigenvalue weighted by atomic mass is 16.4. The molecule has 0 saturated heterocycles. The minimum atomic E-state index is -0.662. The first-order valence-electron chi connectivity index (χ1n) is 6.89. The SMILES string of the molecule is O=C(O)C1CCCC(NCCc2ccc(O)cc2)C1. The largest absolute Gasteiger partial charge is 0.508 e. The van der Waals surface area contributed by atoms with Crippen LogP contribution in [-0.4, -0.2) is 28.8 Å². The predicted molar refractivity (Wildman–Crippen MR) is 73.2 cm³/mol. The molecule has 2 unspecified atom stereocenters. The molecule has 0 radical (unpaired) electrons. The smallest absolute Gasteiger partial charge is 0.306 e. The van der Waals surface area contributed by atoms with Crippen molar-refractivity contribution in [1.82, 2.24) is 5.32 Å². The lowest BCUT2D eigenvalue weighted by atomic mass is 9.86. The molecule has 4 heteroatoms. The first kappa shape index (κ1) is 13.9. The van der Waals surface area contributed by atoms with Crippen LogP contribution in [0.5, 0.6) is 5.75 Å². The number of rotatable bonds is 5. The minimum Gasteiger partial charge on any atom is -0.508 e. The molecule has 4 nitrogen and oxygen atoms in total. The molecule has 19 heavy (non-hydrogen) atoms. The van der Waals surface area contributed by atoms with Crippen LogP contribution in [-0.2, 0) is 11.2 Å². The van der Waals surface area contributed by atoms with Gasteiger partial charge in [-0.05, 0) is 49.9 Å². The number of phenols is 1. The second-order valence-corrected chi connectivity index (χ2v) is 5.27. The number of aromatic hydroxyl groups is 1. The first-order valence-corrected chi connectivity index (χ1v) is 6.89. The lowest BCUT2D eigenvalue weighted by Gasteiger charge is -2.27.